The maximum atomic E-state index is 12.4. The summed E-state index contributed by atoms with van der Waals surface area (Å²) in [5, 5.41) is 6.53. The Labute approximate surface area is 174 Å². The molecule has 2 N–H and O–H groups in total. The zero-order valence-electron chi connectivity index (χ0n) is 15.9. The number of piperidine rings is 1. The molecule has 1 aliphatic heterocycles. The van der Waals surface area contributed by atoms with Crippen molar-refractivity contribution in [1.82, 2.24) is 20.5 Å². The number of nitrogens with one attached hydrogen (secondary N) is 2. The van der Waals surface area contributed by atoms with E-state index in [1.165, 1.54) is 6.42 Å². The molecule has 0 bridgehead atoms. The van der Waals surface area contributed by atoms with Crippen molar-refractivity contribution < 1.29 is 4.79 Å². The quantitative estimate of drug-likeness (QED) is 0.363. The number of carbonyl (C=O) groups is 1. The van der Waals surface area contributed by atoms with Crippen LogP contribution in [0.25, 0.3) is 0 Å². The Morgan fingerprint density at radius 3 is 2.88 bits per heavy atom. The van der Waals surface area contributed by atoms with Gasteiger partial charge in [-0.1, -0.05) is 6.07 Å². The van der Waals surface area contributed by atoms with E-state index >= 15 is 0 Å². The van der Waals surface area contributed by atoms with E-state index in [4.69, 9.17) is 0 Å². The molecular formula is C19H32IN5O. The monoisotopic (exact) mass is 473 g/mol. The molecule has 0 aliphatic carbocycles. The lowest BCUT2D eigenvalue weighted by molar-refractivity contribution is -0.134. The van der Waals surface area contributed by atoms with E-state index in [0.717, 1.165) is 50.6 Å². The van der Waals surface area contributed by atoms with Crippen LogP contribution in [0.4, 0.5) is 0 Å². The molecule has 1 atom stereocenters. The highest BCUT2D eigenvalue weighted by molar-refractivity contribution is 14.0. The molecule has 1 aliphatic rings. The van der Waals surface area contributed by atoms with Crippen molar-refractivity contribution in [1.29, 1.82) is 0 Å². The Morgan fingerprint density at radius 1 is 1.35 bits per heavy atom. The fourth-order valence-corrected chi connectivity index (χ4v) is 3.07. The third-order valence-electron chi connectivity index (χ3n) is 4.46. The average Bonchev–Trinajstić information content (AvgIpc) is 2.63. The third kappa shape index (κ3) is 7.88. The summed E-state index contributed by atoms with van der Waals surface area (Å²) >= 11 is 0. The highest BCUT2D eigenvalue weighted by atomic mass is 127. The van der Waals surface area contributed by atoms with E-state index in [2.05, 4.69) is 27.5 Å². The number of hydrogen-bond acceptors (Lipinski definition) is 3. The maximum absolute atomic E-state index is 12.4. The molecule has 1 aromatic rings. The molecular weight excluding hydrogens is 441 g/mol. The number of rotatable bonds is 7. The van der Waals surface area contributed by atoms with E-state index < -0.39 is 0 Å². The van der Waals surface area contributed by atoms with E-state index in [9.17, 15) is 4.79 Å². The summed E-state index contributed by atoms with van der Waals surface area (Å²) in [6.07, 6.45) is 6.59. The van der Waals surface area contributed by atoms with Gasteiger partial charge in [-0.25, -0.2) is 0 Å². The Balaban J connectivity index is 0.00000338. The molecule has 26 heavy (non-hydrogen) atoms. The summed E-state index contributed by atoms with van der Waals surface area (Å²) in [5.41, 5.74) is 1.06. The minimum atomic E-state index is 0. The Hall–Kier alpha value is -1.38. The highest BCUT2D eigenvalue weighted by Crippen LogP contribution is 2.17. The molecule has 0 radical (unpaired) electrons. The van der Waals surface area contributed by atoms with Crippen molar-refractivity contribution in [2.45, 2.75) is 52.0 Å². The molecule has 1 amide bonds. The molecule has 1 aromatic heterocycles. The second-order valence-corrected chi connectivity index (χ2v) is 6.44. The standard InChI is InChI=1S/C19H31N5O.HI/c1-3-20-19(22-13-10-17-9-4-6-12-21-17)23-14-11-18(25)24-15-7-5-8-16(24)2;/h4,6,9,12,16H,3,5,7-8,10-11,13-15H2,1-2H3,(H2,20,22,23);1H. The smallest absolute Gasteiger partial charge is 0.224 e. The lowest BCUT2D eigenvalue weighted by Crippen LogP contribution is -2.42. The van der Waals surface area contributed by atoms with Crippen LogP contribution in [0.2, 0.25) is 0 Å². The van der Waals surface area contributed by atoms with Gasteiger partial charge >= 0.3 is 0 Å². The molecule has 2 heterocycles. The summed E-state index contributed by atoms with van der Waals surface area (Å²) < 4.78 is 0. The molecule has 1 unspecified atom stereocenters. The number of likely N-dealkylation sites (tertiary alicyclic amines) is 1. The number of nitrogens with zero attached hydrogens (tertiary/aromatic N) is 3. The van der Waals surface area contributed by atoms with Gasteiger partial charge in [-0.2, -0.15) is 0 Å². The highest BCUT2D eigenvalue weighted by Gasteiger charge is 2.22. The fourth-order valence-electron chi connectivity index (χ4n) is 3.07. The van der Waals surface area contributed by atoms with E-state index in [0.29, 0.717) is 19.0 Å². The number of carbonyl (C=O) groups excluding carboxylic acids is 1. The van der Waals surface area contributed by atoms with Gasteiger partial charge in [0.2, 0.25) is 5.91 Å². The second kappa shape index (κ2) is 12.9. The van der Waals surface area contributed by atoms with Crippen LogP contribution in [0.15, 0.2) is 29.4 Å². The summed E-state index contributed by atoms with van der Waals surface area (Å²) in [7, 11) is 0. The Bertz CT molecular complexity index is 552. The predicted octanol–water partition coefficient (Wildman–Crippen LogP) is 2.59. The minimum Gasteiger partial charge on any atom is -0.357 e. The van der Waals surface area contributed by atoms with Crippen molar-refractivity contribution in [3.05, 3.63) is 30.1 Å². The second-order valence-electron chi connectivity index (χ2n) is 6.44. The molecule has 2 rings (SSSR count). The molecule has 1 saturated heterocycles. The molecule has 0 saturated carbocycles. The summed E-state index contributed by atoms with van der Waals surface area (Å²) in [6.45, 7) is 7.15. The van der Waals surface area contributed by atoms with Gasteiger partial charge < -0.3 is 15.5 Å². The van der Waals surface area contributed by atoms with Crippen molar-refractivity contribution >= 4 is 35.8 Å². The van der Waals surface area contributed by atoms with Gasteiger partial charge in [0.25, 0.3) is 0 Å². The summed E-state index contributed by atoms with van der Waals surface area (Å²) in [5.74, 6) is 0.984. The van der Waals surface area contributed by atoms with Crippen molar-refractivity contribution in [2.24, 2.45) is 4.99 Å². The normalized spacial score (nSPS) is 17.4. The molecule has 0 aromatic carbocycles. The van der Waals surface area contributed by atoms with Gasteiger partial charge in [0.05, 0.1) is 6.54 Å². The van der Waals surface area contributed by atoms with E-state index in [-0.39, 0.29) is 29.9 Å². The largest absolute Gasteiger partial charge is 0.357 e. The van der Waals surface area contributed by atoms with E-state index in [1.54, 1.807) is 0 Å². The van der Waals surface area contributed by atoms with Crippen LogP contribution in [0.5, 0.6) is 0 Å². The van der Waals surface area contributed by atoms with Crippen LogP contribution < -0.4 is 10.6 Å². The Kier molecular flexibility index (Phi) is 11.2. The van der Waals surface area contributed by atoms with Crippen molar-refractivity contribution in [2.75, 3.05) is 26.2 Å². The third-order valence-corrected chi connectivity index (χ3v) is 4.46. The summed E-state index contributed by atoms with van der Waals surface area (Å²) in [6, 6.07) is 6.30. The lowest BCUT2D eigenvalue weighted by atomic mass is 10.0. The zero-order valence-corrected chi connectivity index (χ0v) is 18.2. The van der Waals surface area contributed by atoms with Crippen molar-refractivity contribution in [3.63, 3.8) is 0 Å². The van der Waals surface area contributed by atoms with Crippen LogP contribution in [0, 0.1) is 0 Å². The number of hydrogen-bond donors (Lipinski definition) is 2. The van der Waals surface area contributed by atoms with E-state index in [1.807, 2.05) is 36.2 Å². The fraction of sp³-hybridized carbons (Fsp3) is 0.632. The first kappa shape index (κ1) is 22.7. The van der Waals surface area contributed by atoms with Crippen LogP contribution in [0.1, 0.15) is 45.2 Å². The number of aromatic nitrogens is 1. The number of amides is 1. The SMILES string of the molecule is CCNC(=NCCC(=O)N1CCCCC1C)NCCc1ccccn1.I. The van der Waals surface area contributed by atoms with Gasteiger partial charge in [-0.3, -0.25) is 14.8 Å². The van der Waals surface area contributed by atoms with Gasteiger partial charge in [-0.05, 0) is 45.2 Å². The maximum Gasteiger partial charge on any atom is 0.224 e. The topological polar surface area (TPSA) is 69.6 Å². The number of guanidine groups is 1. The molecule has 146 valence electrons. The van der Waals surface area contributed by atoms with Crippen LogP contribution >= 0.6 is 24.0 Å². The first-order chi connectivity index (χ1) is 12.2. The molecule has 1 fully saturated rings. The first-order valence-corrected chi connectivity index (χ1v) is 9.42. The Morgan fingerprint density at radius 2 is 2.19 bits per heavy atom. The lowest BCUT2D eigenvalue weighted by Gasteiger charge is -2.33. The first-order valence-electron chi connectivity index (χ1n) is 9.42. The number of pyridine rings is 1. The van der Waals surface area contributed by atoms with Crippen LogP contribution in [-0.4, -0.2) is 54.0 Å². The van der Waals surface area contributed by atoms with Gasteiger partial charge in [0.15, 0.2) is 5.96 Å². The van der Waals surface area contributed by atoms with Crippen molar-refractivity contribution in [3.8, 4) is 0 Å². The van der Waals surface area contributed by atoms with Gasteiger partial charge in [0.1, 0.15) is 0 Å². The van der Waals surface area contributed by atoms with Crippen LogP contribution in [0.3, 0.4) is 0 Å². The molecule has 6 nitrogen and oxygen atoms in total. The zero-order chi connectivity index (χ0) is 17.9. The van der Waals surface area contributed by atoms with Crippen LogP contribution in [-0.2, 0) is 11.2 Å². The summed E-state index contributed by atoms with van der Waals surface area (Å²) in [4.78, 5) is 23.2. The number of halogens is 1. The van der Waals surface area contributed by atoms with Gasteiger partial charge in [0, 0.05) is 50.4 Å². The van der Waals surface area contributed by atoms with Gasteiger partial charge in [-0.15, -0.1) is 24.0 Å². The molecule has 0 spiro atoms. The number of aliphatic imine (C=N–C) groups is 1. The predicted molar refractivity (Wildman–Crippen MR) is 117 cm³/mol. The minimum absolute atomic E-state index is 0. The molecule has 7 heteroatoms. The average molecular weight is 473 g/mol.